The number of ether oxygens (including phenoxy) is 2. The lowest BCUT2D eigenvalue weighted by atomic mass is 9.97. The van der Waals surface area contributed by atoms with Gasteiger partial charge in [0.1, 0.15) is 23.2 Å². The number of carbonyl (C=O) groups excluding carboxylic acids is 2. The highest BCUT2D eigenvalue weighted by Crippen LogP contribution is 2.34. The van der Waals surface area contributed by atoms with Crippen molar-refractivity contribution in [1.29, 1.82) is 0 Å². The van der Waals surface area contributed by atoms with E-state index in [1.165, 1.54) is 12.1 Å². The van der Waals surface area contributed by atoms with E-state index in [2.05, 4.69) is 0 Å². The maximum absolute atomic E-state index is 12.7. The minimum atomic E-state index is -0.692. The van der Waals surface area contributed by atoms with E-state index < -0.39 is 11.7 Å². The Kier molecular flexibility index (Phi) is 5.32. The average molecular weight is 360 g/mol. The molecule has 1 fully saturated rings. The summed E-state index contributed by atoms with van der Waals surface area (Å²) in [5, 5.41) is 19.9. The Hall–Kier alpha value is -2.34. The van der Waals surface area contributed by atoms with Gasteiger partial charge in [-0.15, -0.1) is 0 Å². The van der Waals surface area contributed by atoms with Gasteiger partial charge in [-0.1, -0.05) is 19.9 Å². The van der Waals surface area contributed by atoms with Crippen LogP contribution in [0.2, 0.25) is 0 Å². The first-order valence-electron chi connectivity index (χ1n) is 8.95. The van der Waals surface area contributed by atoms with Crippen molar-refractivity contribution in [2.75, 3.05) is 0 Å². The van der Waals surface area contributed by atoms with E-state index in [9.17, 15) is 19.8 Å². The second-order valence-electron chi connectivity index (χ2n) is 7.26. The van der Waals surface area contributed by atoms with Crippen LogP contribution in [0.4, 0.5) is 0 Å². The zero-order valence-electron chi connectivity index (χ0n) is 15.0. The smallest absolute Gasteiger partial charge is 0.342 e. The molecule has 0 bridgehead atoms. The number of phenolic OH excluding ortho intramolecular Hbond substituents is 2. The lowest BCUT2D eigenvalue weighted by Crippen LogP contribution is -2.26. The van der Waals surface area contributed by atoms with Gasteiger partial charge in [0.25, 0.3) is 0 Å². The SMILES string of the molecule is CC(C)[C@@H]1CC2OC2CC/C=C/C(=O)Cc2cc(O)cc(O)c2C(=O)O1. The van der Waals surface area contributed by atoms with Crippen LogP contribution in [0.1, 0.15) is 49.0 Å². The molecule has 2 N–H and O–H groups in total. The first-order valence-corrected chi connectivity index (χ1v) is 8.95. The number of hydrogen-bond acceptors (Lipinski definition) is 6. The topological polar surface area (TPSA) is 96.4 Å². The van der Waals surface area contributed by atoms with Crippen LogP contribution in [0.3, 0.4) is 0 Å². The Labute approximate surface area is 152 Å². The maximum Gasteiger partial charge on any atom is 0.342 e. The number of rotatable bonds is 1. The number of epoxide rings is 1. The summed E-state index contributed by atoms with van der Waals surface area (Å²) in [6, 6.07) is 2.40. The Morgan fingerprint density at radius 1 is 1.15 bits per heavy atom. The number of hydrogen-bond donors (Lipinski definition) is 2. The minimum Gasteiger partial charge on any atom is -0.508 e. The lowest BCUT2D eigenvalue weighted by molar-refractivity contribution is -0.114. The first kappa shape index (κ1) is 18.5. The van der Waals surface area contributed by atoms with Crippen LogP contribution in [-0.2, 0) is 20.7 Å². The number of carbonyl (C=O) groups is 2. The van der Waals surface area contributed by atoms with Crippen molar-refractivity contribution in [2.24, 2.45) is 5.92 Å². The molecular weight excluding hydrogens is 336 g/mol. The molecule has 1 saturated heterocycles. The third-order valence-electron chi connectivity index (χ3n) is 4.83. The predicted molar refractivity (Wildman–Crippen MR) is 94.2 cm³/mol. The lowest BCUT2D eigenvalue weighted by Gasteiger charge is -2.22. The molecule has 2 heterocycles. The van der Waals surface area contributed by atoms with Crippen LogP contribution < -0.4 is 0 Å². The third kappa shape index (κ3) is 4.25. The molecule has 0 aromatic heterocycles. The fourth-order valence-electron chi connectivity index (χ4n) is 3.29. The van der Waals surface area contributed by atoms with E-state index in [1.54, 1.807) is 6.08 Å². The number of ketones is 1. The Bertz CT molecular complexity index is 736. The number of benzene rings is 1. The standard InChI is InChI=1S/C20H24O6/c1-11(2)17-10-18-16(25-18)6-4-3-5-13(21)7-12-8-14(22)9-15(23)19(12)20(24)26-17/h3,5,8-9,11,16-18,22-23H,4,6-7,10H2,1-2H3/b5-3+/t16?,17-,18?/m0/s1. The highest BCUT2D eigenvalue weighted by Gasteiger charge is 2.41. The molecule has 0 amide bonds. The summed E-state index contributed by atoms with van der Waals surface area (Å²) in [5.74, 6) is -1.42. The fraction of sp³-hybridized carbons (Fsp3) is 0.500. The Morgan fingerprint density at radius 3 is 2.65 bits per heavy atom. The molecule has 1 aromatic rings. The Morgan fingerprint density at radius 2 is 1.92 bits per heavy atom. The summed E-state index contributed by atoms with van der Waals surface area (Å²) in [7, 11) is 0. The zero-order chi connectivity index (χ0) is 18.8. The van der Waals surface area contributed by atoms with Gasteiger partial charge in [-0.3, -0.25) is 4.79 Å². The van der Waals surface area contributed by atoms with E-state index in [1.807, 2.05) is 13.8 Å². The van der Waals surface area contributed by atoms with E-state index >= 15 is 0 Å². The number of aromatic hydroxyl groups is 2. The molecule has 0 saturated carbocycles. The highest BCUT2D eigenvalue weighted by atomic mass is 16.6. The van der Waals surface area contributed by atoms with E-state index in [0.29, 0.717) is 6.42 Å². The molecule has 0 spiro atoms. The van der Waals surface area contributed by atoms with Crippen LogP contribution >= 0.6 is 0 Å². The molecule has 26 heavy (non-hydrogen) atoms. The summed E-state index contributed by atoms with van der Waals surface area (Å²) in [5.41, 5.74) is 0.183. The Balaban J connectivity index is 1.95. The average Bonchev–Trinajstić information content (AvgIpc) is 3.27. The van der Waals surface area contributed by atoms with Gasteiger partial charge in [-0.05, 0) is 36.5 Å². The summed E-state index contributed by atoms with van der Waals surface area (Å²) in [6.45, 7) is 3.92. The maximum atomic E-state index is 12.7. The number of cyclic esters (lactones) is 1. The van der Waals surface area contributed by atoms with E-state index in [-0.39, 0.29) is 53.3 Å². The number of esters is 1. The molecule has 6 nitrogen and oxygen atoms in total. The van der Waals surface area contributed by atoms with Crippen molar-refractivity contribution in [2.45, 2.75) is 57.8 Å². The third-order valence-corrected chi connectivity index (χ3v) is 4.83. The van der Waals surface area contributed by atoms with Gasteiger partial charge in [-0.2, -0.15) is 0 Å². The van der Waals surface area contributed by atoms with Gasteiger partial charge in [-0.25, -0.2) is 4.79 Å². The fourth-order valence-corrected chi connectivity index (χ4v) is 3.29. The molecule has 2 aliphatic rings. The van der Waals surface area contributed by atoms with Gasteiger partial charge in [0.15, 0.2) is 5.78 Å². The molecule has 1 aromatic carbocycles. The largest absolute Gasteiger partial charge is 0.508 e. The van der Waals surface area contributed by atoms with Gasteiger partial charge in [0.05, 0.1) is 12.2 Å². The van der Waals surface area contributed by atoms with Crippen molar-refractivity contribution in [1.82, 2.24) is 0 Å². The zero-order valence-corrected chi connectivity index (χ0v) is 15.0. The molecule has 3 rings (SSSR count). The number of phenols is 2. The quantitative estimate of drug-likeness (QED) is 0.590. The van der Waals surface area contributed by atoms with E-state index in [4.69, 9.17) is 9.47 Å². The van der Waals surface area contributed by atoms with E-state index in [0.717, 1.165) is 18.9 Å². The van der Waals surface area contributed by atoms with Crippen LogP contribution in [0.15, 0.2) is 24.3 Å². The summed E-state index contributed by atoms with van der Waals surface area (Å²) in [6.07, 6.45) is 5.16. The normalized spacial score (nSPS) is 27.9. The van der Waals surface area contributed by atoms with Gasteiger partial charge >= 0.3 is 5.97 Å². The van der Waals surface area contributed by atoms with Crippen LogP contribution in [0, 0.1) is 5.92 Å². The van der Waals surface area contributed by atoms with Crippen LogP contribution in [-0.4, -0.2) is 40.3 Å². The minimum absolute atomic E-state index is 0.0510. The number of fused-ring (bicyclic) bond motifs is 2. The molecule has 2 unspecified atom stereocenters. The molecular formula is C20H24O6. The van der Waals surface area contributed by atoms with Crippen molar-refractivity contribution in [3.63, 3.8) is 0 Å². The first-order chi connectivity index (χ1) is 12.3. The van der Waals surface area contributed by atoms with Gasteiger partial charge in [0.2, 0.25) is 0 Å². The van der Waals surface area contributed by atoms with Crippen molar-refractivity contribution in [3.05, 3.63) is 35.4 Å². The molecule has 140 valence electrons. The van der Waals surface area contributed by atoms with Crippen LogP contribution in [0.25, 0.3) is 0 Å². The molecule has 6 heteroatoms. The van der Waals surface area contributed by atoms with Crippen LogP contribution in [0.5, 0.6) is 11.5 Å². The van der Waals surface area contributed by atoms with Crippen molar-refractivity contribution in [3.8, 4) is 11.5 Å². The van der Waals surface area contributed by atoms with Gasteiger partial charge < -0.3 is 19.7 Å². The predicted octanol–water partition coefficient (Wildman–Crippen LogP) is 2.90. The second kappa shape index (κ2) is 7.50. The number of allylic oxidation sites excluding steroid dienone is 2. The summed E-state index contributed by atoms with van der Waals surface area (Å²) in [4.78, 5) is 24.9. The van der Waals surface area contributed by atoms with Crippen molar-refractivity contribution < 1.29 is 29.3 Å². The highest BCUT2D eigenvalue weighted by molar-refractivity contribution is 5.98. The second-order valence-corrected chi connectivity index (χ2v) is 7.26. The molecule has 0 aliphatic carbocycles. The van der Waals surface area contributed by atoms with Gasteiger partial charge in [0, 0.05) is 18.9 Å². The van der Waals surface area contributed by atoms with Crippen molar-refractivity contribution >= 4 is 11.8 Å². The molecule has 0 radical (unpaired) electrons. The molecule has 2 aliphatic heterocycles. The molecule has 3 atom stereocenters. The summed E-state index contributed by atoms with van der Waals surface area (Å²) < 4.78 is 11.3. The monoisotopic (exact) mass is 360 g/mol. The summed E-state index contributed by atoms with van der Waals surface area (Å²) >= 11 is 0.